The summed E-state index contributed by atoms with van der Waals surface area (Å²) < 4.78 is 5.14. The molecule has 0 fully saturated rings. The number of carbonyl (C=O) groups excluding carboxylic acids is 1. The van der Waals surface area contributed by atoms with Gasteiger partial charge in [0.15, 0.2) is 5.78 Å². The average molecular weight is 284 g/mol. The number of benzene rings is 2. The maximum absolute atomic E-state index is 12.2. The highest BCUT2D eigenvalue weighted by molar-refractivity contribution is 8.07. The van der Waals surface area contributed by atoms with Crippen LogP contribution in [-0.4, -0.2) is 19.1 Å². The first kappa shape index (κ1) is 14.4. The summed E-state index contributed by atoms with van der Waals surface area (Å²) in [4.78, 5) is 13.1. The number of ketones is 1. The fraction of sp³-hybridized carbons (Fsp3) is 0.118. The third-order valence-corrected chi connectivity index (χ3v) is 3.71. The van der Waals surface area contributed by atoms with Crippen LogP contribution in [0.5, 0.6) is 5.75 Å². The molecule has 3 heteroatoms. The number of rotatable bonds is 5. The topological polar surface area (TPSA) is 26.3 Å². The Balaban J connectivity index is 2.26. The first-order valence-corrected chi connectivity index (χ1v) is 7.46. The molecule has 0 atom stereocenters. The molecule has 102 valence electrons. The average Bonchev–Trinajstić information content (AvgIpc) is 2.53. The van der Waals surface area contributed by atoms with E-state index in [4.69, 9.17) is 4.74 Å². The van der Waals surface area contributed by atoms with Crippen LogP contribution in [-0.2, 0) is 0 Å². The number of hydrogen-bond acceptors (Lipinski definition) is 3. The van der Waals surface area contributed by atoms with Crippen molar-refractivity contribution in [2.45, 2.75) is 0 Å². The van der Waals surface area contributed by atoms with E-state index in [0.29, 0.717) is 5.56 Å². The van der Waals surface area contributed by atoms with Gasteiger partial charge in [-0.1, -0.05) is 42.5 Å². The van der Waals surface area contributed by atoms with Crippen molar-refractivity contribution >= 4 is 22.5 Å². The SMILES string of the molecule is COc1ccc(/C(=C/C(=O)c2ccccc2)SC)cc1. The highest BCUT2D eigenvalue weighted by Crippen LogP contribution is 2.27. The molecule has 2 aromatic carbocycles. The molecule has 0 heterocycles. The lowest BCUT2D eigenvalue weighted by molar-refractivity contribution is 0.104. The van der Waals surface area contributed by atoms with Crippen LogP contribution < -0.4 is 4.74 Å². The van der Waals surface area contributed by atoms with Gasteiger partial charge in [0.05, 0.1) is 7.11 Å². The largest absolute Gasteiger partial charge is 0.497 e. The second-order valence-corrected chi connectivity index (χ2v) is 5.02. The number of allylic oxidation sites excluding steroid dienone is 1. The molecule has 2 nitrogen and oxygen atoms in total. The number of thioether (sulfide) groups is 1. The van der Waals surface area contributed by atoms with E-state index in [1.807, 2.05) is 60.9 Å². The molecule has 0 saturated carbocycles. The Morgan fingerprint density at radius 1 is 1.00 bits per heavy atom. The van der Waals surface area contributed by atoms with Crippen molar-refractivity contribution in [3.63, 3.8) is 0 Å². The second kappa shape index (κ2) is 6.96. The molecular formula is C17H16O2S. The van der Waals surface area contributed by atoms with E-state index in [0.717, 1.165) is 16.2 Å². The Labute approximate surface area is 123 Å². The van der Waals surface area contributed by atoms with Gasteiger partial charge >= 0.3 is 0 Å². The van der Waals surface area contributed by atoms with E-state index in [1.54, 1.807) is 24.9 Å². The van der Waals surface area contributed by atoms with Gasteiger partial charge in [0, 0.05) is 16.5 Å². The molecule has 2 aromatic rings. The lowest BCUT2D eigenvalue weighted by atomic mass is 10.1. The van der Waals surface area contributed by atoms with Crippen LogP contribution in [0, 0.1) is 0 Å². The molecule has 0 amide bonds. The van der Waals surface area contributed by atoms with Crippen molar-refractivity contribution in [1.82, 2.24) is 0 Å². The van der Waals surface area contributed by atoms with E-state index in [-0.39, 0.29) is 5.78 Å². The molecule has 0 radical (unpaired) electrons. The Bertz CT molecular complexity index is 601. The zero-order chi connectivity index (χ0) is 14.4. The quantitative estimate of drug-likeness (QED) is 0.605. The maximum atomic E-state index is 12.2. The van der Waals surface area contributed by atoms with Gasteiger partial charge in [-0.15, -0.1) is 11.8 Å². The molecule has 0 bridgehead atoms. The first-order valence-electron chi connectivity index (χ1n) is 6.24. The van der Waals surface area contributed by atoms with Crippen molar-refractivity contribution < 1.29 is 9.53 Å². The van der Waals surface area contributed by atoms with E-state index in [9.17, 15) is 4.79 Å². The molecule has 0 saturated heterocycles. The summed E-state index contributed by atoms with van der Waals surface area (Å²) >= 11 is 1.56. The maximum Gasteiger partial charge on any atom is 0.186 e. The minimum atomic E-state index is 0.0192. The van der Waals surface area contributed by atoms with Crippen LogP contribution in [0.25, 0.3) is 4.91 Å². The Hall–Kier alpha value is -2.00. The van der Waals surface area contributed by atoms with Crippen LogP contribution in [0.3, 0.4) is 0 Å². The van der Waals surface area contributed by atoms with E-state index >= 15 is 0 Å². The Kier molecular flexibility index (Phi) is 5.02. The molecular weight excluding hydrogens is 268 g/mol. The van der Waals surface area contributed by atoms with Crippen LogP contribution in [0.1, 0.15) is 15.9 Å². The van der Waals surface area contributed by atoms with Crippen molar-refractivity contribution in [1.29, 1.82) is 0 Å². The summed E-state index contributed by atoms with van der Waals surface area (Å²) in [5.74, 6) is 0.828. The standard InChI is InChI=1S/C17H16O2S/c1-19-15-10-8-14(9-11-15)17(20-2)12-16(18)13-6-4-3-5-7-13/h3-12H,1-2H3/b17-12-. The summed E-state index contributed by atoms with van der Waals surface area (Å²) in [6.07, 6.45) is 3.65. The first-order chi connectivity index (χ1) is 9.74. The van der Waals surface area contributed by atoms with E-state index in [2.05, 4.69) is 0 Å². The molecule has 0 spiro atoms. The van der Waals surface area contributed by atoms with Gasteiger partial charge in [0.2, 0.25) is 0 Å². The number of carbonyl (C=O) groups is 1. The van der Waals surface area contributed by atoms with Gasteiger partial charge in [-0.25, -0.2) is 0 Å². The lowest BCUT2D eigenvalue weighted by Gasteiger charge is -2.06. The molecule has 0 aliphatic rings. The third-order valence-electron chi connectivity index (χ3n) is 2.91. The highest BCUT2D eigenvalue weighted by atomic mass is 32.2. The molecule has 0 aliphatic heterocycles. The highest BCUT2D eigenvalue weighted by Gasteiger charge is 2.06. The summed E-state index contributed by atoms with van der Waals surface area (Å²) in [6, 6.07) is 17.0. The third kappa shape index (κ3) is 3.52. The van der Waals surface area contributed by atoms with Crippen molar-refractivity contribution in [2.75, 3.05) is 13.4 Å². The monoisotopic (exact) mass is 284 g/mol. The number of methoxy groups -OCH3 is 1. The Morgan fingerprint density at radius 2 is 1.65 bits per heavy atom. The fourth-order valence-electron chi connectivity index (χ4n) is 1.82. The van der Waals surface area contributed by atoms with E-state index < -0.39 is 0 Å². The van der Waals surface area contributed by atoms with Crippen molar-refractivity contribution in [3.8, 4) is 5.75 Å². The fourth-order valence-corrected chi connectivity index (χ4v) is 2.42. The van der Waals surface area contributed by atoms with Gasteiger partial charge in [0.1, 0.15) is 5.75 Å². The molecule has 0 aliphatic carbocycles. The molecule has 0 N–H and O–H groups in total. The van der Waals surface area contributed by atoms with Crippen molar-refractivity contribution in [2.24, 2.45) is 0 Å². The van der Waals surface area contributed by atoms with Crippen LogP contribution in [0.15, 0.2) is 60.7 Å². The van der Waals surface area contributed by atoms with Gasteiger partial charge in [-0.2, -0.15) is 0 Å². The minimum absolute atomic E-state index is 0.0192. The van der Waals surface area contributed by atoms with Crippen LogP contribution in [0.4, 0.5) is 0 Å². The predicted molar refractivity (Wildman–Crippen MR) is 85.3 cm³/mol. The molecule has 20 heavy (non-hydrogen) atoms. The predicted octanol–water partition coefficient (Wildman–Crippen LogP) is 4.28. The molecule has 0 aromatic heterocycles. The van der Waals surface area contributed by atoms with Gasteiger partial charge in [-0.05, 0) is 24.0 Å². The van der Waals surface area contributed by atoms with Crippen molar-refractivity contribution in [3.05, 3.63) is 71.8 Å². The summed E-state index contributed by atoms with van der Waals surface area (Å²) in [7, 11) is 1.64. The van der Waals surface area contributed by atoms with Gasteiger partial charge < -0.3 is 4.74 Å². The normalized spacial score (nSPS) is 11.2. The molecule has 0 unspecified atom stereocenters. The van der Waals surface area contributed by atoms with E-state index in [1.165, 1.54) is 0 Å². The summed E-state index contributed by atoms with van der Waals surface area (Å²) in [5.41, 5.74) is 1.72. The zero-order valence-corrected chi connectivity index (χ0v) is 12.3. The van der Waals surface area contributed by atoms with Gasteiger partial charge in [-0.3, -0.25) is 4.79 Å². The summed E-state index contributed by atoms with van der Waals surface area (Å²) in [6.45, 7) is 0. The smallest absolute Gasteiger partial charge is 0.186 e. The van der Waals surface area contributed by atoms with Gasteiger partial charge in [0.25, 0.3) is 0 Å². The number of ether oxygens (including phenoxy) is 1. The van der Waals surface area contributed by atoms with Crippen LogP contribution in [0.2, 0.25) is 0 Å². The molecule has 2 rings (SSSR count). The number of hydrogen-bond donors (Lipinski definition) is 0. The minimum Gasteiger partial charge on any atom is -0.497 e. The lowest BCUT2D eigenvalue weighted by Crippen LogP contribution is -1.95. The van der Waals surface area contributed by atoms with Crippen LogP contribution >= 0.6 is 11.8 Å². The Morgan fingerprint density at radius 3 is 2.20 bits per heavy atom. The second-order valence-electron chi connectivity index (χ2n) is 4.17. The summed E-state index contributed by atoms with van der Waals surface area (Å²) in [5, 5.41) is 0. The zero-order valence-electron chi connectivity index (χ0n) is 11.5.